The van der Waals surface area contributed by atoms with E-state index in [1.807, 2.05) is 29.0 Å². The predicted octanol–water partition coefficient (Wildman–Crippen LogP) is 3.04. The Kier molecular flexibility index (Phi) is 3.74. The number of nitrogens with one attached hydrogen (secondary N) is 1. The molecule has 0 radical (unpaired) electrons. The molecule has 0 saturated heterocycles. The lowest BCUT2D eigenvalue weighted by Crippen LogP contribution is -1.99. The van der Waals surface area contributed by atoms with Crippen molar-refractivity contribution >= 4 is 11.0 Å². The number of rotatable bonds is 5. The topological polar surface area (TPSA) is 85.2 Å². The van der Waals surface area contributed by atoms with Gasteiger partial charge < -0.3 is 24.1 Å². The zero-order valence-corrected chi connectivity index (χ0v) is 13.5. The molecule has 0 unspecified atom stereocenters. The minimum Gasteiger partial charge on any atom is -0.504 e. The highest BCUT2D eigenvalue weighted by Crippen LogP contribution is 2.36. The van der Waals surface area contributed by atoms with Crippen LogP contribution in [0.15, 0.2) is 55.1 Å². The van der Waals surface area contributed by atoms with E-state index in [-0.39, 0.29) is 12.4 Å². The lowest BCUT2D eigenvalue weighted by molar-refractivity contribution is 0.263. The van der Waals surface area contributed by atoms with Gasteiger partial charge in [-0.2, -0.15) is 0 Å². The van der Waals surface area contributed by atoms with Gasteiger partial charge in [-0.1, -0.05) is 6.07 Å². The summed E-state index contributed by atoms with van der Waals surface area (Å²) >= 11 is 0. The third-order valence-corrected chi connectivity index (χ3v) is 3.85. The summed E-state index contributed by atoms with van der Waals surface area (Å²) in [6.45, 7) is 0.184. The van der Waals surface area contributed by atoms with Crippen LogP contribution in [0.25, 0.3) is 16.7 Å². The summed E-state index contributed by atoms with van der Waals surface area (Å²) in [6, 6.07) is 10.9. The summed E-state index contributed by atoms with van der Waals surface area (Å²) in [5.41, 5.74) is 2.73. The van der Waals surface area contributed by atoms with Gasteiger partial charge in [-0.3, -0.25) is 0 Å². The maximum atomic E-state index is 9.94. The third-order valence-electron chi connectivity index (χ3n) is 3.85. The van der Waals surface area contributed by atoms with Crippen molar-refractivity contribution in [2.45, 2.75) is 6.61 Å². The van der Waals surface area contributed by atoms with Crippen molar-refractivity contribution in [1.82, 2.24) is 19.5 Å². The number of aromatic nitrogens is 4. The number of imidazole rings is 2. The zero-order valence-electron chi connectivity index (χ0n) is 13.5. The van der Waals surface area contributed by atoms with E-state index < -0.39 is 0 Å². The van der Waals surface area contributed by atoms with Gasteiger partial charge in [0, 0.05) is 18.1 Å². The molecule has 0 fully saturated rings. The van der Waals surface area contributed by atoms with E-state index in [4.69, 9.17) is 9.47 Å². The minimum atomic E-state index is 0.0258. The number of phenols is 1. The SMILES string of the molecule is COc1cccc(O)c1OCc1nc2ccc(-n3ccnc3)cc2[nH]1. The average molecular weight is 336 g/mol. The Hall–Kier alpha value is -3.48. The first-order valence-corrected chi connectivity index (χ1v) is 7.70. The summed E-state index contributed by atoms with van der Waals surface area (Å²) < 4.78 is 12.8. The Bertz CT molecular complexity index is 1010. The van der Waals surface area contributed by atoms with E-state index in [1.165, 1.54) is 7.11 Å². The number of benzene rings is 2. The molecule has 0 atom stereocenters. The molecule has 4 aromatic rings. The molecule has 2 aromatic heterocycles. The lowest BCUT2D eigenvalue weighted by Gasteiger charge is -2.10. The fourth-order valence-electron chi connectivity index (χ4n) is 2.64. The molecule has 0 saturated carbocycles. The number of aromatic hydroxyl groups is 1. The molecule has 2 N–H and O–H groups in total. The predicted molar refractivity (Wildman–Crippen MR) is 92.2 cm³/mol. The third kappa shape index (κ3) is 2.87. The van der Waals surface area contributed by atoms with Gasteiger partial charge in [-0.15, -0.1) is 0 Å². The van der Waals surface area contributed by atoms with Crippen LogP contribution in [0, 0.1) is 0 Å². The molecule has 0 aliphatic carbocycles. The second-order valence-electron chi connectivity index (χ2n) is 5.45. The highest BCUT2D eigenvalue weighted by molar-refractivity contribution is 5.77. The maximum absolute atomic E-state index is 9.94. The number of para-hydroxylation sites is 1. The van der Waals surface area contributed by atoms with Gasteiger partial charge in [-0.25, -0.2) is 9.97 Å². The Balaban J connectivity index is 1.58. The van der Waals surface area contributed by atoms with Crippen molar-refractivity contribution in [2.24, 2.45) is 0 Å². The largest absolute Gasteiger partial charge is 0.504 e. The number of aromatic amines is 1. The fourth-order valence-corrected chi connectivity index (χ4v) is 2.64. The van der Waals surface area contributed by atoms with E-state index in [0.717, 1.165) is 16.7 Å². The summed E-state index contributed by atoms with van der Waals surface area (Å²) in [6.07, 6.45) is 5.36. The van der Waals surface area contributed by atoms with E-state index in [1.54, 1.807) is 30.7 Å². The summed E-state index contributed by atoms with van der Waals surface area (Å²) in [5, 5.41) is 9.94. The van der Waals surface area contributed by atoms with Crippen LogP contribution < -0.4 is 9.47 Å². The van der Waals surface area contributed by atoms with Crippen LogP contribution >= 0.6 is 0 Å². The number of nitrogens with zero attached hydrogens (tertiary/aromatic N) is 3. The first-order valence-electron chi connectivity index (χ1n) is 7.70. The molecule has 0 spiro atoms. The van der Waals surface area contributed by atoms with Crippen molar-refractivity contribution in [2.75, 3.05) is 7.11 Å². The van der Waals surface area contributed by atoms with Crippen LogP contribution in [0.4, 0.5) is 0 Å². The molecular weight excluding hydrogens is 320 g/mol. The van der Waals surface area contributed by atoms with E-state index in [0.29, 0.717) is 17.3 Å². The molecule has 0 bridgehead atoms. The first kappa shape index (κ1) is 15.1. The molecular formula is C18H16N4O3. The van der Waals surface area contributed by atoms with Crippen LogP contribution in [-0.4, -0.2) is 31.7 Å². The van der Waals surface area contributed by atoms with Crippen molar-refractivity contribution < 1.29 is 14.6 Å². The van der Waals surface area contributed by atoms with Crippen molar-refractivity contribution in [3.63, 3.8) is 0 Å². The lowest BCUT2D eigenvalue weighted by atomic mass is 10.3. The number of fused-ring (bicyclic) bond motifs is 1. The number of phenolic OH excluding ortho intramolecular Hbond substituents is 1. The van der Waals surface area contributed by atoms with E-state index >= 15 is 0 Å². The Labute approximate surface area is 143 Å². The van der Waals surface area contributed by atoms with E-state index in [2.05, 4.69) is 15.0 Å². The summed E-state index contributed by atoms with van der Waals surface area (Å²) in [7, 11) is 1.53. The maximum Gasteiger partial charge on any atom is 0.203 e. The van der Waals surface area contributed by atoms with Gasteiger partial charge >= 0.3 is 0 Å². The van der Waals surface area contributed by atoms with Crippen LogP contribution in [0.1, 0.15) is 5.82 Å². The molecule has 7 heteroatoms. The monoisotopic (exact) mass is 336 g/mol. The zero-order chi connectivity index (χ0) is 17.2. The van der Waals surface area contributed by atoms with Crippen LogP contribution in [-0.2, 0) is 6.61 Å². The van der Waals surface area contributed by atoms with Gasteiger partial charge in [0.2, 0.25) is 5.75 Å². The number of hydrogen-bond donors (Lipinski definition) is 2. The highest BCUT2D eigenvalue weighted by atomic mass is 16.5. The molecule has 2 heterocycles. The van der Waals surface area contributed by atoms with Crippen molar-refractivity contribution in [3.8, 4) is 22.9 Å². The molecule has 0 aliphatic rings. The number of H-pyrrole nitrogens is 1. The minimum absolute atomic E-state index is 0.0258. The highest BCUT2D eigenvalue weighted by Gasteiger charge is 2.11. The van der Waals surface area contributed by atoms with Gasteiger partial charge in [0.15, 0.2) is 11.5 Å². The molecule has 25 heavy (non-hydrogen) atoms. The van der Waals surface area contributed by atoms with Crippen molar-refractivity contribution in [1.29, 1.82) is 0 Å². The van der Waals surface area contributed by atoms with Crippen LogP contribution in [0.2, 0.25) is 0 Å². The van der Waals surface area contributed by atoms with Crippen LogP contribution in [0.3, 0.4) is 0 Å². The van der Waals surface area contributed by atoms with Gasteiger partial charge in [-0.05, 0) is 30.3 Å². The number of ether oxygens (including phenoxy) is 2. The normalized spacial score (nSPS) is 10.9. The Morgan fingerprint density at radius 1 is 1.24 bits per heavy atom. The van der Waals surface area contributed by atoms with Gasteiger partial charge in [0.05, 0.1) is 24.5 Å². The number of hydrogen-bond acceptors (Lipinski definition) is 5. The van der Waals surface area contributed by atoms with Crippen molar-refractivity contribution in [3.05, 3.63) is 60.9 Å². The second kappa shape index (κ2) is 6.20. The number of methoxy groups -OCH3 is 1. The second-order valence-corrected chi connectivity index (χ2v) is 5.45. The molecule has 0 amide bonds. The fraction of sp³-hybridized carbons (Fsp3) is 0.111. The van der Waals surface area contributed by atoms with E-state index in [9.17, 15) is 5.11 Å². The summed E-state index contributed by atoms with van der Waals surface area (Å²) in [4.78, 5) is 11.8. The average Bonchev–Trinajstić information content (AvgIpc) is 3.29. The smallest absolute Gasteiger partial charge is 0.203 e. The van der Waals surface area contributed by atoms with Crippen LogP contribution in [0.5, 0.6) is 17.2 Å². The Morgan fingerprint density at radius 2 is 2.16 bits per heavy atom. The molecule has 7 nitrogen and oxygen atoms in total. The van der Waals surface area contributed by atoms with Gasteiger partial charge in [0.25, 0.3) is 0 Å². The molecule has 2 aromatic carbocycles. The molecule has 4 rings (SSSR count). The van der Waals surface area contributed by atoms with Gasteiger partial charge in [0.1, 0.15) is 12.4 Å². The standard InChI is InChI=1S/C18H16N4O3/c1-24-16-4-2-3-15(23)18(16)25-10-17-20-13-6-5-12(9-14(13)21-17)22-8-7-19-11-22/h2-9,11,23H,10H2,1H3,(H,20,21). The Morgan fingerprint density at radius 3 is 2.96 bits per heavy atom. The quantitative estimate of drug-likeness (QED) is 0.585. The molecule has 126 valence electrons. The first-order chi connectivity index (χ1) is 12.2. The summed E-state index contributed by atoms with van der Waals surface area (Å²) in [5.74, 6) is 1.45. The molecule has 0 aliphatic heterocycles.